The molecule has 94 valence electrons. The predicted molar refractivity (Wildman–Crippen MR) is 69.2 cm³/mol. The minimum absolute atomic E-state index is 0.0705. The molecule has 0 spiro atoms. The van der Waals surface area contributed by atoms with Crippen LogP contribution in [0.3, 0.4) is 0 Å². The number of hydrogen-bond acceptors (Lipinski definition) is 2. The van der Waals surface area contributed by atoms with E-state index in [0.29, 0.717) is 12.2 Å². The minimum atomic E-state index is -0.0705. The van der Waals surface area contributed by atoms with Crippen LogP contribution in [0.1, 0.15) is 44.2 Å². The number of H-pyrrole nitrogens is 1. The summed E-state index contributed by atoms with van der Waals surface area (Å²) in [5.74, 6) is 0.491. The molecule has 1 atom stereocenters. The van der Waals surface area contributed by atoms with Crippen LogP contribution in [0.4, 0.5) is 0 Å². The van der Waals surface area contributed by atoms with Gasteiger partial charge in [-0.05, 0) is 37.3 Å². The molecule has 0 amide bonds. The smallest absolute Gasteiger partial charge is 0.248 e. The zero-order valence-electron chi connectivity index (χ0n) is 10.9. The van der Waals surface area contributed by atoms with Gasteiger partial charge in [-0.25, -0.2) is 0 Å². The molecule has 0 saturated carbocycles. The summed E-state index contributed by atoms with van der Waals surface area (Å²) in [5, 5.41) is 0. The van der Waals surface area contributed by atoms with E-state index in [2.05, 4.69) is 4.98 Å². The zero-order chi connectivity index (χ0) is 12.8. The topological polar surface area (TPSA) is 49.9 Å². The fourth-order valence-electron chi connectivity index (χ4n) is 1.78. The first-order valence-electron chi connectivity index (χ1n) is 6.25. The normalized spacial score (nSPS) is 12.4. The van der Waals surface area contributed by atoms with Gasteiger partial charge in [-0.2, -0.15) is 0 Å². The number of Topliss-reactive ketones (excluding diaryl/α,β-unsaturated/α-hetero) is 1. The lowest BCUT2D eigenvalue weighted by molar-refractivity contribution is -0.122. The maximum Gasteiger partial charge on any atom is 0.248 e. The van der Waals surface area contributed by atoms with Crippen molar-refractivity contribution in [1.82, 2.24) is 4.98 Å². The predicted octanol–water partition coefficient (Wildman–Crippen LogP) is 2.62. The van der Waals surface area contributed by atoms with E-state index < -0.39 is 0 Å². The first kappa shape index (κ1) is 13.7. The first-order chi connectivity index (χ1) is 8.04. The lowest BCUT2D eigenvalue weighted by Crippen LogP contribution is -2.11. The molecule has 0 aliphatic heterocycles. The molecule has 1 heterocycles. The van der Waals surface area contributed by atoms with Crippen LogP contribution < -0.4 is 5.56 Å². The fraction of sp³-hybridized carbons (Fsp3) is 0.571. The molecule has 0 bridgehead atoms. The summed E-state index contributed by atoms with van der Waals surface area (Å²) < 4.78 is 0. The molecular weight excluding hydrogens is 214 g/mol. The van der Waals surface area contributed by atoms with E-state index in [0.717, 1.165) is 30.4 Å². The van der Waals surface area contributed by atoms with Gasteiger partial charge in [0.05, 0.1) is 0 Å². The highest BCUT2D eigenvalue weighted by Gasteiger charge is 2.10. The van der Waals surface area contributed by atoms with Crippen LogP contribution >= 0.6 is 0 Å². The highest BCUT2D eigenvalue weighted by molar-refractivity contribution is 5.80. The molecule has 0 saturated heterocycles. The summed E-state index contributed by atoms with van der Waals surface area (Å²) in [7, 11) is 0. The number of pyridine rings is 1. The Hall–Kier alpha value is -1.38. The van der Waals surface area contributed by atoms with Crippen molar-refractivity contribution in [2.45, 2.75) is 46.5 Å². The maximum atomic E-state index is 11.6. The van der Waals surface area contributed by atoms with E-state index in [1.807, 2.05) is 20.8 Å². The zero-order valence-corrected chi connectivity index (χ0v) is 10.9. The summed E-state index contributed by atoms with van der Waals surface area (Å²) in [6.45, 7) is 5.98. The van der Waals surface area contributed by atoms with Gasteiger partial charge in [-0.3, -0.25) is 9.59 Å². The van der Waals surface area contributed by atoms with Gasteiger partial charge in [0, 0.05) is 24.6 Å². The van der Waals surface area contributed by atoms with Gasteiger partial charge in [-0.1, -0.05) is 13.8 Å². The molecule has 0 fully saturated rings. The minimum Gasteiger partial charge on any atom is -0.329 e. The molecule has 1 aromatic heterocycles. The summed E-state index contributed by atoms with van der Waals surface area (Å²) in [6.07, 6.45) is 4.88. The Morgan fingerprint density at radius 2 is 2.18 bits per heavy atom. The van der Waals surface area contributed by atoms with Crippen molar-refractivity contribution in [2.24, 2.45) is 5.92 Å². The van der Waals surface area contributed by atoms with Crippen LogP contribution in [-0.4, -0.2) is 10.8 Å². The van der Waals surface area contributed by atoms with Crippen molar-refractivity contribution in [2.75, 3.05) is 0 Å². The van der Waals surface area contributed by atoms with Gasteiger partial charge in [0.1, 0.15) is 5.78 Å². The molecule has 1 unspecified atom stereocenters. The van der Waals surface area contributed by atoms with E-state index in [1.165, 1.54) is 0 Å². The number of rotatable bonds is 6. The van der Waals surface area contributed by atoms with Crippen molar-refractivity contribution in [1.29, 1.82) is 0 Å². The van der Waals surface area contributed by atoms with Gasteiger partial charge < -0.3 is 4.98 Å². The molecule has 3 heteroatoms. The summed E-state index contributed by atoms with van der Waals surface area (Å²) in [5.41, 5.74) is 2.06. The number of aromatic nitrogens is 1. The monoisotopic (exact) mass is 235 g/mol. The lowest BCUT2D eigenvalue weighted by Gasteiger charge is -2.08. The van der Waals surface area contributed by atoms with Gasteiger partial charge in [0.15, 0.2) is 0 Å². The van der Waals surface area contributed by atoms with Crippen molar-refractivity contribution < 1.29 is 4.79 Å². The molecule has 1 N–H and O–H groups in total. The number of hydrogen-bond donors (Lipinski definition) is 1. The Balaban J connectivity index is 2.48. The van der Waals surface area contributed by atoms with Crippen LogP contribution in [0.5, 0.6) is 0 Å². The van der Waals surface area contributed by atoms with Gasteiger partial charge in [0.2, 0.25) is 5.56 Å². The molecule has 1 aromatic rings. The Labute approximate surface area is 102 Å². The summed E-state index contributed by atoms with van der Waals surface area (Å²) in [6, 6.07) is 1.63. The van der Waals surface area contributed by atoms with Crippen LogP contribution in [0.25, 0.3) is 0 Å². The molecule has 0 aromatic carbocycles. The molecule has 0 aliphatic rings. The fourth-order valence-corrected chi connectivity index (χ4v) is 1.78. The summed E-state index contributed by atoms with van der Waals surface area (Å²) in [4.78, 5) is 25.5. The van der Waals surface area contributed by atoms with Crippen molar-refractivity contribution >= 4 is 5.78 Å². The van der Waals surface area contributed by atoms with E-state index in [1.54, 1.807) is 12.3 Å². The highest BCUT2D eigenvalue weighted by atomic mass is 16.1. The average molecular weight is 235 g/mol. The van der Waals surface area contributed by atoms with E-state index in [-0.39, 0.29) is 11.5 Å². The van der Waals surface area contributed by atoms with E-state index >= 15 is 0 Å². The van der Waals surface area contributed by atoms with Crippen molar-refractivity contribution in [3.05, 3.63) is 33.7 Å². The van der Waals surface area contributed by atoms with Crippen LogP contribution in [0, 0.1) is 12.8 Å². The number of carbonyl (C=O) groups is 1. The third kappa shape index (κ3) is 4.17. The number of ketones is 1. The molecule has 0 aliphatic carbocycles. The van der Waals surface area contributed by atoms with Crippen molar-refractivity contribution in [3.8, 4) is 0 Å². The van der Waals surface area contributed by atoms with Gasteiger partial charge >= 0.3 is 0 Å². The first-order valence-corrected chi connectivity index (χ1v) is 6.25. The largest absolute Gasteiger partial charge is 0.329 e. The van der Waals surface area contributed by atoms with Gasteiger partial charge in [0.25, 0.3) is 0 Å². The third-order valence-electron chi connectivity index (χ3n) is 3.27. The van der Waals surface area contributed by atoms with Crippen LogP contribution in [0.15, 0.2) is 17.1 Å². The third-order valence-corrected chi connectivity index (χ3v) is 3.27. The number of nitrogens with one attached hydrogen (secondary N) is 1. The molecule has 1 rings (SSSR count). The molecule has 3 nitrogen and oxygen atoms in total. The lowest BCUT2D eigenvalue weighted by atomic mass is 9.97. The average Bonchev–Trinajstić information content (AvgIpc) is 2.32. The Kier molecular flexibility index (Phi) is 5.13. The quantitative estimate of drug-likeness (QED) is 0.824. The number of aromatic amines is 1. The van der Waals surface area contributed by atoms with E-state index in [9.17, 15) is 9.59 Å². The van der Waals surface area contributed by atoms with Crippen molar-refractivity contribution in [3.63, 3.8) is 0 Å². The standard InChI is InChI=1S/C14H21NO2/c1-4-10(2)13(16)7-5-6-12-8-14(17)15-9-11(12)3/h8-10H,4-7H2,1-3H3,(H,15,17). The second-order valence-corrected chi connectivity index (χ2v) is 4.63. The van der Waals surface area contributed by atoms with Gasteiger partial charge in [-0.15, -0.1) is 0 Å². The molecule has 17 heavy (non-hydrogen) atoms. The Morgan fingerprint density at radius 1 is 1.47 bits per heavy atom. The van der Waals surface area contributed by atoms with Crippen LogP contribution in [0.2, 0.25) is 0 Å². The van der Waals surface area contributed by atoms with E-state index in [4.69, 9.17) is 0 Å². The number of aryl methyl sites for hydroxylation is 2. The Bertz CT molecular complexity index is 434. The Morgan fingerprint density at radius 3 is 2.82 bits per heavy atom. The second kappa shape index (κ2) is 6.38. The van der Waals surface area contributed by atoms with Crippen LogP contribution in [-0.2, 0) is 11.2 Å². The molecular formula is C14H21NO2. The number of carbonyl (C=O) groups excluding carboxylic acids is 1. The molecule has 0 radical (unpaired) electrons. The second-order valence-electron chi connectivity index (χ2n) is 4.63. The highest BCUT2D eigenvalue weighted by Crippen LogP contribution is 2.11. The SMILES string of the molecule is CCC(C)C(=O)CCCc1cc(=O)[nH]cc1C. The maximum absolute atomic E-state index is 11.6. The summed E-state index contributed by atoms with van der Waals surface area (Å²) >= 11 is 0.